The van der Waals surface area contributed by atoms with E-state index in [1.54, 1.807) is 0 Å². The van der Waals surface area contributed by atoms with Crippen molar-refractivity contribution in [2.45, 2.75) is 26.0 Å². The van der Waals surface area contributed by atoms with Gasteiger partial charge in [-0.05, 0) is 18.6 Å². The number of ether oxygens (including phenoxy) is 1. The highest BCUT2D eigenvalue weighted by molar-refractivity contribution is 5.37. The fraction of sp³-hybridized carbons (Fsp3) is 0.385. The van der Waals surface area contributed by atoms with Crippen molar-refractivity contribution in [3.05, 3.63) is 41.5 Å². The van der Waals surface area contributed by atoms with Gasteiger partial charge in [0.15, 0.2) is 5.82 Å². The molecule has 0 saturated heterocycles. The lowest BCUT2D eigenvalue weighted by Crippen LogP contribution is -2.29. The molecule has 1 N–H and O–H groups in total. The lowest BCUT2D eigenvalue weighted by molar-refractivity contribution is 0.224. The average Bonchev–Trinajstić information content (AvgIpc) is 2.95. The minimum absolute atomic E-state index is 0.186. The van der Waals surface area contributed by atoms with Gasteiger partial charge in [-0.25, -0.2) is 0 Å². The van der Waals surface area contributed by atoms with Gasteiger partial charge in [-0.2, -0.15) is 4.98 Å². The van der Waals surface area contributed by atoms with E-state index in [2.05, 4.69) is 21.5 Å². The van der Waals surface area contributed by atoms with Gasteiger partial charge >= 0.3 is 0 Å². The zero-order valence-electron chi connectivity index (χ0n) is 10.2. The second-order valence-corrected chi connectivity index (χ2v) is 4.42. The van der Waals surface area contributed by atoms with Crippen LogP contribution in [0.15, 0.2) is 28.8 Å². The molecule has 1 unspecified atom stereocenters. The van der Waals surface area contributed by atoms with E-state index < -0.39 is 0 Å². The van der Waals surface area contributed by atoms with Gasteiger partial charge in [0.2, 0.25) is 5.89 Å². The predicted octanol–water partition coefficient (Wildman–Crippen LogP) is 1.47. The van der Waals surface area contributed by atoms with Crippen LogP contribution in [0.5, 0.6) is 5.75 Å². The summed E-state index contributed by atoms with van der Waals surface area (Å²) in [6.07, 6.45) is 1.14. The average molecular weight is 245 g/mol. The van der Waals surface area contributed by atoms with Crippen LogP contribution in [0.3, 0.4) is 0 Å². The van der Waals surface area contributed by atoms with E-state index in [1.165, 1.54) is 5.56 Å². The number of benzene rings is 1. The Morgan fingerprint density at radius 3 is 3.06 bits per heavy atom. The van der Waals surface area contributed by atoms with E-state index in [1.807, 2.05) is 25.1 Å². The van der Waals surface area contributed by atoms with Crippen LogP contribution in [0.4, 0.5) is 0 Å². The zero-order valence-corrected chi connectivity index (χ0v) is 10.2. The van der Waals surface area contributed by atoms with Crippen molar-refractivity contribution in [2.75, 3.05) is 6.54 Å². The smallest absolute Gasteiger partial charge is 0.240 e. The van der Waals surface area contributed by atoms with Gasteiger partial charge in [-0.1, -0.05) is 23.4 Å². The molecule has 18 heavy (non-hydrogen) atoms. The summed E-state index contributed by atoms with van der Waals surface area (Å²) in [4.78, 5) is 4.13. The molecule has 1 aromatic heterocycles. The van der Waals surface area contributed by atoms with E-state index in [0.29, 0.717) is 18.3 Å². The van der Waals surface area contributed by atoms with E-state index in [-0.39, 0.29) is 6.10 Å². The van der Waals surface area contributed by atoms with Gasteiger partial charge in [-0.15, -0.1) is 0 Å². The molecule has 3 rings (SSSR count). The molecule has 0 radical (unpaired) electrons. The van der Waals surface area contributed by atoms with Crippen molar-refractivity contribution in [2.24, 2.45) is 0 Å². The zero-order chi connectivity index (χ0) is 12.4. The van der Waals surface area contributed by atoms with E-state index in [9.17, 15) is 0 Å². The molecule has 2 aromatic rings. The first kappa shape index (κ1) is 11.2. The molecule has 5 heteroatoms. The molecular weight excluding hydrogens is 230 g/mol. The molecule has 0 aliphatic carbocycles. The largest absolute Gasteiger partial charge is 0.488 e. The van der Waals surface area contributed by atoms with Crippen LogP contribution in [0.2, 0.25) is 0 Å². The van der Waals surface area contributed by atoms with Crippen molar-refractivity contribution in [3.63, 3.8) is 0 Å². The SMILES string of the molecule is Cc1noc(CNCC2Cc3ccccc3O2)n1. The predicted molar refractivity (Wildman–Crippen MR) is 65.3 cm³/mol. The molecule has 2 heterocycles. The van der Waals surface area contributed by atoms with Crippen molar-refractivity contribution in [3.8, 4) is 5.75 Å². The maximum absolute atomic E-state index is 5.82. The van der Waals surface area contributed by atoms with Crippen molar-refractivity contribution < 1.29 is 9.26 Å². The Morgan fingerprint density at radius 1 is 1.39 bits per heavy atom. The standard InChI is InChI=1S/C13H15N3O2/c1-9-15-13(18-16-9)8-14-7-11-6-10-4-2-3-5-12(10)17-11/h2-5,11,14H,6-8H2,1H3. The van der Waals surface area contributed by atoms with E-state index in [4.69, 9.17) is 9.26 Å². The quantitative estimate of drug-likeness (QED) is 0.884. The Hall–Kier alpha value is -1.88. The van der Waals surface area contributed by atoms with Gasteiger partial charge < -0.3 is 14.6 Å². The Balaban J connectivity index is 1.48. The third-order valence-electron chi connectivity index (χ3n) is 2.93. The molecular formula is C13H15N3O2. The van der Waals surface area contributed by atoms with Gasteiger partial charge in [0, 0.05) is 13.0 Å². The third-order valence-corrected chi connectivity index (χ3v) is 2.93. The lowest BCUT2D eigenvalue weighted by atomic mass is 10.1. The molecule has 1 aromatic carbocycles. The number of para-hydroxylation sites is 1. The maximum Gasteiger partial charge on any atom is 0.240 e. The van der Waals surface area contributed by atoms with Crippen LogP contribution < -0.4 is 10.1 Å². The summed E-state index contributed by atoms with van der Waals surface area (Å²) in [6, 6.07) is 8.16. The summed E-state index contributed by atoms with van der Waals surface area (Å²) in [5.41, 5.74) is 1.28. The number of aryl methyl sites for hydroxylation is 1. The summed E-state index contributed by atoms with van der Waals surface area (Å²) in [7, 11) is 0. The Bertz CT molecular complexity index is 514. The second-order valence-electron chi connectivity index (χ2n) is 4.42. The van der Waals surface area contributed by atoms with E-state index in [0.717, 1.165) is 18.7 Å². The molecule has 0 spiro atoms. The summed E-state index contributed by atoms with van der Waals surface area (Å²) in [5, 5.41) is 7.01. The fourth-order valence-corrected chi connectivity index (χ4v) is 2.12. The first-order chi connectivity index (χ1) is 8.81. The molecule has 1 aliphatic rings. The van der Waals surface area contributed by atoms with Gasteiger partial charge in [-0.3, -0.25) is 0 Å². The molecule has 1 atom stereocenters. The highest BCUT2D eigenvalue weighted by atomic mass is 16.5. The first-order valence-electron chi connectivity index (χ1n) is 6.06. The Morgan fingerprint density at radius 2 is 2.28 bits per heavy atom. The highest BCUT2D eigenvalue weighted by Crippen LogP contribution is 2.27. The minimum atomic E-state index is 0.186. The number of rotatable bonds is 4. The molecule has 0 saturated carbocycles. The van der Waals surface area contributed by atoms with Gasteiger partial charge in [0.05, 0.1) is 6.54 Å². The molecule has 0 fully saturated rings. The summed E-state index contributed by atoms with van der Waals surface area (Å²) in [6.45, 7) is 3.16. The second kappa shape index (κ2) is 4.78. The van der Waals surface area contributed by atoms with E-state index >= 15 is 0 Å². The van der Waals surface area contributed by atoms with Crippen LogP contribution >= 0.6 is 0 Å². The minimum Gasteiger partial charge on any atom is -0.488 e. The number of fused-ring (bicyclic) bond motifs is 1. The normalized spacial score (nSPS) is 17.5. The molecule has 1 aliphatic heterocycles. The third kappa shape index (κ3) is 2.36. The van der Waals surface area contributed by atoms with Gasteiger partial charge in [0.25, 0.3) is 0 Å². The molecule has 0 bridgehead atoms. The van der Waals surface area contributed by atoms with Gasteiger partial charge in [0.1, 0.15) is 11.9 Å². The number of nitrogens with zero attached hydrogens (tertiary/aromatic N) is 2. The fourth-order valence-electron chi connectivity index (χ4n) is 2.12. The molecule has 94 valence electrons. The van der Waals surface area contributed by atoms with Crippen molar-refractivity contribution in [1.29, 1.82) is 0 Å². The Labute approximate surface area is 105 Å². The summed E-state index contributed by atoms with van der Waals surface area (Å²) < 4.78 is 10.8. The van der Waals surface area contributed by atoms with Crippen molar-refractivity contribution >= 4 is 0 Å². The monoisotopic (exact) mass is 245 g/mol. The number of hydrogen-bond donors (Lipinski definition) is 1. The van der Waals surface area contributed by atoms with Crippen LogP contribution in [0, 0.1) is 6.92 Å². The van der Waals surface area contributed by atoms with Crippen LogP contribution in [-0.2, 0) is 13.0 Å². The van der Waals surface area contributed by atoms with Crippen LogP contribution in [0.25, 0.3) is 0 Å². The highest BCUT2D eigenvalue weighted by Gasteiger charge is 2.21. The number of hydrogen-bond acceptors (Lipinski definition) is 5. The molecule has 5 nitrogen and oxygen atoms in total. The Kier molecular flexibility index (Phi) is 2.98. The van der Waals surface area contributed by atoms with Crippen LogP contribution in [-0.4, -0.2) is 22.8 Å². The number of nitrogens with one attached hydrogen (secondary N) is 1. The lowest BCUT2D eigenvalue weighted by Gasteiger charge is -2.10. The topological polar surface area (TPSA) is 60.2 Å². The van der Waals surface area contributed by atoms with Crippen molar-refractivity contribution in [1.82, 2.24) is 15.5 Å². The van der Waals surface area contributed by atoms with Crippen LogP contribution in [0.1, 0.15) is 17.3 Å². The maximum atomic E-state index is 5.82. The first-order valence-corrected chi connectivity index (χ1v) is 6.06. The summed E-state index contributed by atoms with van der Waals surface area (Å²) >= 11 is 0. The summed E-state index contributed by atoms with van der Waals surface area (Å²) in [5.74, 6) is 2.28. The molecule has 0 amide bonds. The number of aromatic nitrogens is 2.